The van der Waals surface area contributed by atoms with Crippen molar-refractivity contribution in [3.05, 3.63) is 40.2 Å². The molecule has 2 aromatic rings. The highest BCUT2D eigenvalue weighted by molar-refractivity contribution is 7.88. The van der Waals surface area contributed by atoms with Gasteiger partial charge in [-0.1, -0.05) is 0 Å². The van der Waals surface area contributed by atoms with Gasteiger partial charge in [-0.3, -0.25) is 0 Å². The molecule has 0 N–H and O–H groups in total. The Balaban J connectivity index is 2.64. The number of fused-ring (bicyclic) bond motifs is 1. The van der Waals surface area contributed by atoms with E-state index in [1.54, 1.807) is 0 Å². The molecule has 110 valence electrons. The highest BCUT2D eigenvalue weighted by Crippen LogP contribution is 2.31. The molecule has 21 heavy (non-hydrogen) atoms. The number of alkyl halides is 3. The monoisotopic (exact) mass is 319 g/mol. The molecule has 1 heterocycles. The molecule has 0 atom stereocenters. The molecule has 2 rings (SSSR count). The molecule has 10 heteroatoms. The first-order valence-corrected chi connectivity index (χ1v) is 6.53. The molecule has 1 aromatic carbocycles. The summed E-state index contributed by atoms with van der Waals surface area (Å²) < 4.78 is 67.3. The molecule has 0 bridgehead atoms. The largest absolute Gasteiger partial charge is 0.534 e. The molecule has 6 nitrogen and oxygen atoms in total. The average Bonchev–Trinajstić information content (AvgIpc) is 2.36. The van der Waals surface area contributed by atoms with Crippen molar-refractivity contribution in [3.63, 3.8) is 0 Å². The molecule has 0 aliphatic heterocycles. The van der Waals surface area contributed by atoms with Gasteiger partial charge < -0.3 is 8.60 Å². The summed E-state index contributed by atoms with van der Waals surface area (Å²) in [4.78, 5) is 11.0. The normalized spacial score (nSPS) is 12.1. The fraction of sp³-hybridized carbons (Fsp3) is 0.0909. The average molecular weight is 319 g/mol. The van der Waals surface area contributed by atoms with Crippen molar-refractivity contribution in [3.8, 4) is 11.8 Å². The Morgan fingerprint density at radius 2 is 1.90 bits per heavy atom. The van der Waals surface area contributed by atoms with E-state index in [1.165, 1.54) is 12.1 Å². The first-order valence-electron chi connectivity index (χ1n) is 5.13. The number of rotatable bonds is 2. The Kier molecular flexibility index (Phi) is 3.38. The number of nitriles is 1. The van der Waals surface area contributed by atoms with Crippen LogP contribution >= 0.6 is 0 Å². The van der Waals surface area contributed by atoms with E-state index in [4.69, 9.17) is 5.26 Å². The lowest BCUT2D eigenvalue weighted by Gasteiger charge is -2.10. The molecule has 1 aromatic heterocycles. The molecule has 0 amide bonds. The summed E-state index contributed by atoms with van der Waals surface area (Å²) in [7, 11) is -5.93. The summed E-state index contributed by atoms with van der Waals surface area (Å²) >= 11 is 0. The van der Waals surface area contributed by atoms with E-state index >= 15 is 0 Å². The van der Waals surface area contributed by atoms with E-state index in [0.29, 0.717) is 0 Å². The van der Waals surface area contributed by atoms with Crippen LogP contribution in [0.4, 0.5) is 13.2 Å². The zero-order chi connectivity index (χ0) is 15.8. The van der Waals surface area contributed by atoms with Crippen molar-refractivity contribution in [1.29, 1.82) is 5.26 Å². The summed E-state index contributed by atoms with van der Waals surface area (Å²) in [5.74, 6) is -0.878. The van der Waals surface area contributed by atoms with Crippen LogP contribution in [0.3, 0.4) is 0 Å². The third-order valence-corrected chi connectivity index (χ3v) is 3.29. The van der Waals surface area contributed by atoms with Crippen LogP contribution in [0.15, 0.2) is 33.5 Å². The number of hydrogen-bond donors (Lipinski definition) is 0. The van der Waals surface area contributed by atoms with Crippen LogP contribution in [-0.2, 0) is 10.1 Å². The first kappa shape index (κ1) is 14.9. The number of nitrogens with zero attached hydrogens (tertiary/aromatic N) is 1. The van der Waals surface area contributed by atoms with Crippen LogP contribution in [0.25, 0.3) is 11.0 Å². The highest BCUT2D eigenvalue weighted by atomic mass is 32.2. The molecule has 0 spiro atoms. The summed E-state index contributed by atoms with van der Waals surface area (Å²) in [6.45, 7) is 0. The first-order chi connectivity index (χ1) is 9.64. The van der Waals surface area contributed by atoms with E-state index < -0.39 is 32.6 Å². The zero-order valence-electron chi connectivity index (χ0n) is 9.84. The van der Waals surface area contributed by atoms with Crippen LogP contribution in [0, 0.1) is 11.3 Å². The standard InChI is InChI=1S/C11H4F3NO5S/c12-11(13,14)21(17,18)20-9-4-8-6(3-7(9)5-15)1-2-10(16)19-8/h1-4H. The predicted octanol–water partition coefficient (Wildman–Crippen LogP) is 1.89. The molecule has 0 unspecified atom stereocenters. The lowest BCUT2D eigenvalue weighted by atomic mass is 10.1. The molecule has 0 radical (unpaired) electrons. The number of halogens is 3. The van der Waals surface area contributed by atoms with Crippen LogP contribution in [0.1, 0.15) is 5.56 Å². The van der Waals surface area contributed by atoms with Crippen LogP contribution in [0.5, 0.6) is 5.75 Å². The summed E-state index contributed by atoms with van der Waals surface area (Å²) in [6.07, 6.45) is 0. The minimum atomic E-state index is -5.93. The van der Waals surface area contributed by atoms with Crippen molar-refractivity contribution in [1.82, 2.24) is 0 Å². The molecule has 0 aliphatic carbocycles. The Hall–Kier alpha value is -2.54. The van der Waals surface area contributed by atoms with E-state index in [-0.39, 0.29) is 11.0 Å². The maximum absolute atomic E-state index is 12.3. The zero-order valence-corrected chi connectivity index (χ0v) is 10.7. The van der Waals surface area contributed by atoms with Crippen LogP contribution in [-0.4, -0.2) is 13.9 Å². The fourth-order valence-corrected chi connectivity index (χ4v) is 1.89. The van der Waals surface area contributed by atoms with Gasteiger partial charge in [0, 0.05) is 17.5 Å². The molecule has 0 saturated heterocycles. The topological polar surface area (TPSA) is 97.4 Å². The van der Waals surface area contributed by atoms with E-state index in [1.807, 2.05) is 0 Å². The molecule has 0 saturated carbocycles. The maximum atomic E-state index is 12.3. The van der Waals surface area contributed by atoms with Gasteiger partial charge in [-0.25, -0.2) is 4.79 Å². The van der Waals surface area contributed by atoms with E-state index in [2.05, 4.69) is 8.60 Å². The minimum absolute atomic E-state index is 0.214. The van der Waals surface area contributed by atoms with Crippen molar-refractivity contribution >= 4 is 21.1 Å². The van der Waals surface area contributed by atoms with Gasteiger partial charge >= 0.3 is 21.3 Å². The molecule has 0 aliphatic rings. The Bertz CT molecular complexity index is 908. The predicted molar refractivity (Wildman–Crippen MR) is 62.8 cm³/mol. The van der Waals surface area contributed by atoms with Crippen molar-refractivity contribution < 1.29 is 30.2 Å². The lowest BCUT2D eigenvalue weighted by molar-refractivity contribution is -0.0500. The second kappa shape index (κ2) is 4.78. The lowest BCUT2D eigenvalue weighted by Crippen LogP contribution is -2.28. The third-order valence-electron chi connectivity index (χ3n) is 2.32. The maximum Gasteiger partial charge on any atom is 0.534 e. The smallest absolute Gasteiger partial charge is 0.423 e. The fourth-order valence-electron chi connectivity index (χ4n) is 1.42. The molecular weight excluding hydrogens is 315 g/mol. The third kappa shape index (κ3) is 2.82. The second-order valence-corrected chi connectivity index (χ2v) is 5.27. The van der Waals surface area contributed by atoms with Crippen molar-refractivity contribution in [2.75, 3.05) is 0 Å². The van der Waals surface area contributed by atoms with Gasteiger partial charge in [-0.15, -0.1) is 0 Å². The van der Waals surface area contributed by atoms with Crippen LogP contribution < -0.4 is 9.81 Å². The second-order valence-electron chi connectivity index (χ2n) is 3.74. The summed E-state index contributed by atoms with van der Waals surface area (Å²) in [5.41, 5.74) is -7.11. The highest BCUT2D eigenvalue weighted by Gasteiger charge is 2.48. The van der Waals surface area contributed by atoms with Gasteiger partial charge in [0.2, 0.25) is 0 Å². The van der Waals surface area contributed by atoms with Crippen molar-refractivity contribution in [2.24, 2.45) is 0 Å². The Morgan fingerprint density at radius 3 is 2.48 bits per heavy atom. The van der Waals surface area contributed by atoms with Gasteiger partial charge in [0.15, 0.2) is 5.75 Å². The van der Waals surface area contributed by atoms with Crippen molar-refractivity contribution in [2.45, 2.75) is 5.51 Å². The quantitative estimate of drug-likeness (QED) is 0.476. The van der Waals surface area contributed by atoms with Gasteiger partial charge in [0.05, 0.1) is 5.56 Å². The van der Waals surface area contributed by atoms with Gasteiger partial charge in [-0.2, -0.15) is 26.9 Å². The SMILES string of the molecule is N#Cc1cc2ccc(=O)oc2cc1OS(=O)(=O)C(F)(F)F. The minimum Gasteiger partial charge on any atom is -0.423 e. The van der Waals surface area contributed by atoms with Gasteiger partial charge in [0.25, 0.3) is 0 Å². The van der Waals surface area contributed by atoms with Crippen LogP contribution in [0.2, 0.25) is 0 Å². The summed E-state index contributed by atoms with van der Waals surface area (Å²) in [6, 6.07) is 5.58. The molecular formula is C11H4F3NO5S. The Morgan fingerprint density at radius 1 is 1.24 bits per heavy atom. The Labute approximate surface area is 115 Å². The molecule has 0 fully saturated rings. The number of benzene rings is 1. The van der Waals surface area contributed by atoms with E-state index in [0.717, 1.165) is 18.2 Å². The van der Waals surface area contributed by atoms with Gasteiger partial charge in [0.1, 0.15) is 11.7 Å². The van der Waals surface area contributed by atoms with Gasteiger partial charge in [-0.05, 0) is 12.1 Å². The summed E-state index contributed by atoms with van der Waals surface area (Å²) in [5, 5.41) is 9.06. The van der Waals surface area contributed by atoms with E-state index in [9.17, 15) is 26.4 Å². The number of hydrogen-bond acceptors (Lipinski definition) is 6.